The molecule has 11 heteroatoms. The van der Waals surface area contributed by atoms with Crippen LogP contribution in [0, 0.1) is 11.8 Å². The van der Waals surface area contributed by atoms with Crippen molar-refractivity contribution in [1.29, 1.82) is 0 Å². The summed E-state index contributed by atoms with van der Waals surface area (Å²) in [6, 6.07) is 11.5. The zero-order valence-corrected chi connectivity index (χ0v) is 34.4. The predicted molar refractivity (Wildman–Crippen MR) is 230 cm³/mol. The first-order valence-corrected chi connectivity index (χ1v) is 19.9. The number of benzene rings is 2. The zero-order chi connectivity index (χ0) is 41.7. The summed E-state index contributed by atoms with van der Waals surface area (Å²) in [6.45, 7) is 16.8. The van der Waals surface area contributed by atoms with Crippen LogP contribution in [-0.2, 0) is 23.9 Å². The molecule has 2 heterocycles. The van der Waals surface area contributed by atoms with Crippen molar-refractivity contribution in [1.82, 2.24) is 15.6 Å². The standard InChI is InChI=1S/C37H44N4O5.C9H16O2/c1-6-28-29-14-12-26(21-33(29)41-31(28)15-11-24(3)4)27-13-16-36(40-22-27)46-23-35(44)39-18-20-45-19-17-38-32-10-8-9-30(34(43)7-2)37(32)25(5)42;1-3-5-9(11)8(2)6-4-7-10/h6,8-16,21-22,24,36,38,40-41H,1,7,17-20,23H2,2-5H3,(H,39,44);7-8H,3-6H2,1-2H3/b15-11-;. The van der Waals surface area contributed by atoms with Gasteiger partial charge in [-0.25, -0.2) is 0 Å². The quantitative estimate of drug-likeness (QED) is 0.0422. The maximum absolute atomic E-state index is 12.3. The Kier molecular flexibility index (Phi) is 19.6. The molecule has 4 N–H and O–H groups in total. The monoisotopic (exact) mass is 780 g/mol. The van der Waals surface area contributed by atoms with E-state index in [9.17, 15) is 24.0 Å². The molecular weight excluding hydrogens is 721 g/mol. The van der Waals surface area contributed by atoms with Crippen molar-refractivity contribution in [3.8, 4) is 0 Å². The van der Waals surface area contributed by atoms with E-state index < -0.39 is 6.23 Å². The molecule has 306 valence electrons. The minimum absolute atomic E-state index is 0.0696. The van der Waals surface area contributed by atoms with Crippen molar-refractivity contribution in [3.63, 3.8) is 0 Å². The number of hydrogen-bond donors (Lipinski definition) is 4. The Bertz CT molecular complexity index is 1940. The van der Waals surface area contributed by atoms with Crippen molar-refractivity contribution in [2.45, 2.75) is 79.9 Å². The molecule has 11 nitrogen and oxygen atoms in total. The van der Waals surface area contributed by atoms with Gasteiger partial charge in [0.15, 0.2) is 11.6 Å². The number of allylic oxidation sites excluding steroid dienone is 3. The lowest BCUT2D eigenvalue weighted by molar-refractivity contribution is -0.127. The molecule has 0 bridgehead atoms. The topological polar surface area (TPSA) is 156 Å². The van der Waals surface area contributed by atoms with E-state index in [2.05, 4.69) is 71.7 Å². The van der Waals surface area contributed by atoms with Gasteiger partial charge in [-0.05, 0) is 61.1 Å². The predicted octanol–water partition coefficient (Wildman–Crippen LogP) is 8.33. The number of aldehydes is 1. The Labute approximate surface area is 337 Å². The second kappa shape index (κ2) is 24.3. The molecule has 0 saturated carbocycles. The fraction of sp³-hybridized carbons (Fsp3) is 0.413. The number of anilines is 1. The third-order valence-electron chi connectivity index (χ3n) is 9.23. The van der Waals surface area contributed by atoms with Gasteiger partial charge in [0.2, 0.25) is 5.91 Å². The fourth-order valence-electron chi connectivity index (χ4n) is 6.12. The van der Waals surface area contributed by atoms with Crippen molar-refractivity contribution in [3.05, 3.63) is 95.4 Å². The molecule has 0 spiro atoms. The van der Waals surface area contributed by atoms with Gasteiger partial charge in [-0.1, -0.05) is 83.7 Å². The van der Waals surface area contributed by atoms with E-state index in [0.29, 0.717) is 74.7 Å². The van der Waals surface area contributed by atoms with Crippen molar-refractivity contribution >= 4 is 63.9 Å². The third kappa shape index (κ3) is 14.6. The van der Waals surface area contributed by atoms with Crippen LogP contribution in [0.5, 0.6) is 0 Å². The maximum atomic E-state index is 12.3. The normalized spacial score (nSPS) is 14.0. The minimum atomic E-state index is -0.419. The summed E-state index contributed by atoms with van der Waals surface area (Å²) in [5.74, 6) is 0.333. The van der Waals surface area contributed by atoms with E-state index in [0.717, 1.165) is 46.0 Å². The van der Waals surface area contributed by atoms with E-state index in [1.807, 2.05) is 38.3 Å². The number of rotatable bonds is 23. The number of Topliss-reactive ketones (excluding diaryl/α,β-unsaturated/α-hetero) is 3. The molecule has 2 atom stereocenters. The first kappa shape index (κ1) is 46.0. The van der Waals surface area contributed by atoms with Crippen LogP contribution < -0.4 is 16.0 Å². The molecule has 0 saturated heterocycles. The molecule has 1 aliphatic rings. The number of carbonyl (C=O) groups excluding carboxylic acids is 5. The van der Waals surface area contributed by atoms with Crippen LogP contribution in [0.15, 0.2) is 67.4 Å². The van der Waals surface area contributed by atoms with Gasteiger partial charge in [-0.2, -0.15) is 0 Å². The Morgan fingerprint density at radius 2 is 1.81 bits per heavy atom. The Morgan fingerprint density at radius 3 is 2.46 bits per heavy atom. The summed E-state index contributed by atoms with van der Waals surface area (Å²) in [4.78, 5) is 61.3. The molecule has 0 aliphatic carbocycles. The highest BCUT2D eigenvalue weighted by Crippen LogP contribution is 2.29. The lowest BCUT2D eigenvalue weighted by atomic mass is 9.97. The van der Waals surface area contributed by atoms with Crippen LogP contribution in [-0.4, -0.2) is 73.7 Å². The Hall–Kier alpha value is -5.39. The molecule has 57 heavy (non-hydrogen) atoms. The number of ketones is 3. The summed E-state index contributed by atoms with van der Waals surface area (Å²) in [5, 5.41) is 10.3. The van der Waals surface area contributed by atoms with Crippen LogP contribution in [0.3, 0.4) is 0 Å². The number of ether oxygens (including phenoxy) is 2. The van der Waals surface area contributed by atoms with Gasteiger partial charge >= 0.3 is 0 Å². The summed E-state index contributed by atoms with van der Waals surface area (Å²) in [6.07, 6.45) is 15.5. The summed E-state index contributed by atoms with van der Waals surface area (Å²) in [7, 11) is 0. The van der Waals surface area contributed by atoms with E-state index in [-0.39, 0.29) is 35.8 Å². The molecule has 2 aromatic carbocycles. The Morgan fingerprint density at radius 1 is 1.04 bits per heavy atom. The highest BCUT2D eigenvalue weighted by molar-refractivity contribution is 6.11. The largest absolute Gasteiger partial charge is 0.382 e. The third-order valence-corrected chi connectivity index (χ3v) is 9.23. The van der Waals surface area contributed by atoms with Gasteiger partial charge in [-0.3, -0.25) is 19.2 Å². The van der Waals surface area contributed by atoms with Crippen LogP contribution in [0.4, 0.5) is 5.69 Å². The number of nitrogens with one attached hydrogen (secondary N) is 4. The average Bonchev–Trinajstić information content (AvgIpc) is 3.57. The van der Waals surface area contributed by atoms with Crippen molar-refractivity contribution in [2.24, 2.45) is 11.8 Å². The van der Waals surface area contributed by atoms with Gasteiger partial charge in [0.05, 0.1) is 18.8 Å². The van der Waals surface area contributed by atoms with E-state index >= 15 is 0 Å². The number of carbonyl (C=O) groups is 5. The van der Waals surface area contributed by atoms with Gasteiger partial charge in [-0.15, -0.1) is 0 Å². The van der Waals surface area contributed by atoms with Crippen molar-refractivity contribution in [2.75, 3.05) is 38.2 Å². The maximum Gasteiger partial charge on any atom is 0.246 e. The second-order valence-electron chi connectivity index (χ2n) is 14.2. The van der Waals surface area contributed by atoms with Gasteiger partial charge in [0.1, 0.15) is 24.9 Å². The molecule has 1 amide bonds. The number of amides is 1. The summed E-state index contributed by atoms with van der Waals surface area (Å²) >= 11 is 0. The minimum Gasteiger partial charge on any atom is -0.382 e. The number of aromatic amines is 1. The van der Waals surface area contributed by atoms with Crippen LogP contribution in [0.1, 0.15) is 111 Å². The molecule has 0 fully saturated rings. The van der Waals surface area contributed by atoms with E-state index in [1.54, 1.807) is 25.1 Å². The fourth-order valence-corrected chi connectivity index (χ4v) is 6.12. The Balaban J connectivity index is 0.000000689. The second-order valence-corrected chi connectivity index (χ2v) is 14.2. The van der Waals surface area contributed by atoms with Crippen molar-refractivity contribution < 1.29 is 33.4 Å². The number of fused-ring (bicyclic) bond motifs is 1. The zero-order valence-electron chi connectivity index (χ0n) is 34.4. The molecular formula is C46H60N4O7. The summed E-state index contributed by atoms with van der Waals surface area (Å²) in [5.41, 5.74) is 6.68. The van der Waals surface area contributed by atoms with E-state index in [4.69, 9.17) is 9.47 Å². The smallest absolute Gasteiger partial charge is 0.246 e. The van der Waals surface area contributed by atoms with Gasteiger partial charge < -0.3 is 35.2 Å². The lowest BCUT2D eigenvalue weighted by Crippen LogP contribution is -2.35. The van der Waals surface area contributed by atoms with E-state index in [1.165, 1.54) is 6.92 Å². The number of hydrogen-bond acceptors (Lipinski definition) is 9. The first-order valence-electron chi connectivity index (χ1n) is 19.9. The molecule has 0 radical (unpaired) electrons. The summed E-state index contributed by atoms with van der Waals surface area (Å²) < 4.78 is 11.3. The van der Waals surface area contributed by atoms with Gasteiger partial charge in [0.25, 0.3) is 0 Å². The van der Waals surface area contributed by atoms with Crippen LogP contribution >= 0.6 is 0 Å². The average molecular weight is 781 g/mol. The number of aromatic nitrogens is 1. The first-order chi connectivity index (χ1) is 27.4. The number of H-pyrrole nitrogens is 1. The highest BCUT2D eigenvalue weighted by Gasteiger charge is 2.17. The van der Waals surface area contributed by atoms with Gasteiger partial charge in [0, 0.05) is 77.9 Å². The molecule has 1 aliphatic heterocycles. The molecule has 4 rings (SSSR count). The highest BCUT2D eigenvalue weighted by atomic mass is 16.5. The lowest BCUT2D eigenvalue weighted by Gasteiger charge is -2.19. The number of dihydropyridines is 1. The SMILES string of the molecule is C=Cc1c(/C=C\C(C)C)[nH]c2cc(C3=CNC(OCC(=O)NCCOCCNc4cccc(C(=O)CC)c4C(C)=O)C=C3)ccc12.CCCC(=O)C(C)CCC=O. The van der Waals surface area contributed by atoms with Crippen LogP contribution in [0.2, 0.25) is 0 Å². The molecule has 1 aromatic heterocycles. The molecule has 2 unspecified atom stereocenters. The molecule has 3 aromatic rings. The van der Waals surface area contributed by atoms with Crippen LogP contribution in [0.25, 0.3) is 28.6 Å².